The molecule has 0 amide bonds. The van der Waals surface area contributed by atoms with Gasteiger partial charge in [0, 0.05) is 34.1 Å². The van der Waals surface area contributed by atoms with Crippen molar-refractivity contribution in [1.82, 2.24) is 4.90 Å². The van der Waals surface area contributed by atoms with Crippen molar-refractivity contribution < 1.29 is 10.2 Å². The van der Waals surface area contributed by atoms with E-state index in [-0.39, 0.29) is 0 Å². The first-order valence-electron chi connectivity index (χ1n) is 7.64. The molecule has 3 rings (SSSR count). The molecule has 1 saturated heterocycles. The fourth-order valence-corrected chi connectivity index (χ4v) is 3.72. The van der Waals surface area contributed by atoms with Crippen LogP contribution in [0, 0.1) is 0 Å². The predicted octanol–water partition coefficient (Wildman–Crippen LogP) is 4.40. The van der Waals surface area contributed by atoms with E-state index in [9.17, 15) is 10.2 Å². The Morgan fingerprint density at radius 1 is 0.957 bits per heavy atom. The van der Waals surface area contributed by atoms with Gasteiger partial charge in [-0.25, -0.2) is 0 Å². The number of aliphatic hydroxyl groups is 1. The molecule has 0 radical (unpaired) electrons. The van der Waals surface area contributed by atoms with E-state index in [0.717, 1.165) is 33.2 Å². The molecule has 122 valence electrons. The first-order valence-corrected chi connectivity index (χ1v) is 9.23. The van der Waals surface area contributed by atoms with Gasteiger partial charge in [0.25, 0.3) is 0 Å². The Labute approximate surface area is 153 Å². The molecule has 5 heteroatoms. The van der Waals surface area contributed by atoms with Crippen LogP contribution in [-0.4, -0.2) is 28.2 Å². The zero-order valence-corrected chi connectivity index (χ0v) is 15.8. The number of phenols is 1. The molecule has 1 aliphatic rings. The van der Waals surface area contributed by atoms with Gasteiger partial charge in [-0.1, -0.05) is 44.0 Å². The first-order chi connectivity index (χ1) is 11.0. The second kappa shape index (κ2) is 6.93. The van der Waals surface area contributed by atoms with Crippen molar-refractivity contribution in [3.05, 3.63) is 62.5 Å². The number of phenolic OH excluding ortho intramolecular Hbond substituents is 1. The van der Waals surface area contributed by atoms with E-state index in [1.807, 2.05) is 36.4 Å². The summed E-state index contributed by atoms with van der Waals surface area (Å²) >= 11 is 6.87. The lowest BCUT2D eigenvalue weighted by Gasteiger charge is -2.38. The number of benzene rings is 2. The highest BCUT2D eigenvalue weighted by atomic mass is 79.9. The molecule has 1 fully saturated rings. The highest BCUT2D eigenvalue weighted by molar-refractivity contribution is 9.10. The lowest BCUT2D eigenvalue weighted by molar-refractivity contribution is -0.0278. The lowest BCUT2D eigenvalue weighted by Crippen LogP contribution is -2.42. The maximum Gasteiger partial charge on any atom is 0.120 e. The third-order valence-electron chi connectivity index (χ3n) is 4.50. The van der Waals surface area contributed by atoms with Crippen LogP contribution in [0.4, 0.5) is 0 Å². The molecule has 0 saturated carbocycles. The van der Waals surface area contributed by atoms with Crippen LogP contribution in [0.1, 0.15) is 24.0 Å². The molecule has 3 nitrogen and oxygen atoms in total. The standard InChI is InChI=1S/C18H19Br2NO2/c19-15-3-1-14(2-4-15)18(23)7-9-21(10-8-18)12-13-11-16(20)5-6-17(13)22/h1-6,11,22-23H,7-10,12H2. The summed E-state index contributed by atoms with van der Waals surface area (Å²) in [6.07, 6.45) is 1.40. The number of piperidine rings is 1. The number of nitrogens with zero attached hydrogens (tertiary/aromatic N) is 1. The molecular formula is C18H19Br2NO2. The summed E-state index contributed by atoms with van der Waals surface area (Å²) in [6.45, 7) is 2.30. The van der Waals surface area contributed by atoms with Crippen LogP contribution in [0.15, 0.2) is 51.4 Å². The summed E-state index contributed by atoms with van der Waals surface area (Å²) in [5, 5.41) is 20.9. The molecular weight excluding hydrogens is 422 g/mol. The molecule has 23 heavy (non-hydrogen) atoms. The molecule has 0 aliphatic carbocycles. The van der Waals surface area contributed by atoms with Gasteiger partial charge in [0.1, 0.15) is 5.75 Å². The van der Waals surface area contributed by atoms with Gasteiger partial charge in [-0.2, -0.15) is 0 Å². The number of rotatable bonds is 3. The summed E-state index contributed by atoms with van der Waals surface area (Å²) in [4.78, 5) is 2.27. The minimum absolute atomic E-state index is 0.321. The Bertz CT molecular complexity index is 680. The van der Waals surface area contributed by atoms with E-state index in [2.05, 4.69) is 36.8 Å². The number of halogens is 2. The van der Waals surface area contributed by atoms with Gasteiger partial charge < -0.3 is 10.2 Å². The molecule has 2 aromatic rings. The Morgan fingerprint density at radius 2 is 1.57 bits per heavy atom. The van der Waals surface area contributed by atoms with Crippen molar-refractivity contribution in [1.29, 1.82) is 0 Å². The Hall–Kier alpha value is -0.880. The van der Waals surface area contributed by atoms with E-state index in [1.54, 1.807) is 6.07 Å². The summed E-state index contributed by atoms with van der Waals surface area (Å²) in [5.41, 5.74) is 1.13. The Kier molecular flexibility index (Phi) is 5.11. The zero-order chi connectivity index (χ0) is 16.4. The van der Waals surface area contributed by atoms with Gasteiger partial charge in [0.2, 0.25) is 0 Å². The number of aromatic hydroxyl groups is 1. The quantitative estimate of drug-likeness (QED) is 0.743. The van der Waals surface area contributed by atoms with Crippen LogP contribution < -0.4 is 0 Å². The van der Waals surface area contributed by atoms with Crippen molar-refractivity contribution >= 4 is 31.9 Å². The van der Waals surface area contributed by atoms with Crippen molar-refractivity contribution in [2.24, 2.45) is 0 Å². The smallest absolute Gasteiger partial charge is 0.120 e. The van der Waals surface area contributed by atoms with Crippen LogP contribution in [-0.2, 0) is 12.1 Å². The average molecular weight is 441 g/mol. The van der Waals surface area contributed by atoms with Crippen LogP contribution in [0.3, 0.4) is 0 Å². The maximum atomic E-state index is 10.9. The monoisotopic (exact) mass is 439 g/mol. The van der Waals surface area contributed by atoms with Crippen molar-refractivity contribution in [3.8, 4) is 5.75 Å². The molecule has 1 heterocycles. The predicted molar refractivity (Wildman–Crippen MR) is 98.4 cm³/mol. The molecule has 0 aromatic heterocycles. The summed E-state index contributed by atoms with van der Waals surface area (Å²) in [6, 6.07) is 13.4. The SMILES string of the molecule is Oc1ccc(Br)cc1CN1CCC(O)(c2ccc(Br)cc2)CC1. The highest BCUT2D eigenvalue weighted by Crippen LogP contribution is 2.34. The van der Waals surface area contributed by atoms with Crippen molar-refractivity contribution in [3.63, 3.8) is 0 Å². The van der Waals surface area contributed by atoms with E-state index < -0.39 is 5.60 Å². The molecule has 2 N–H and O–H groups in total. The van der Waals surface area contributed by atoms with Crippen LogP contribution in [0.25, 0.3) is 0 Å². The second-order valence-corrected chi connectivity index (χ2v) is 7.92. The van der Waals surface area contributed by atoms with Gasteiger partial charge in [-0.15, -0.1) is 0 Å². The third-order valence-corrected chi connectivity index (χ3v) is 5.52. The maximum absolute atomic E-state index is 10.9. The minimum atomic E-state index is -0.753. The molecule has 1 aliphatic heterocycles. The van der Waals surface area contributed by atoms with Gasteiger partial charge in [-0.05, 0) is 48.7 Å². The van der Waals surface area contributed by atoms with Crippen molar-refractivity contribution in [2.45, 2.75) is 25.0 Å². The topological polar surface area (TPSA) is 43.7 Å². The molecule has 2 aromatic carbocycles. The fraction of sp³-hybridized carbons (Fsp3) is 0.333. The summed E-state index contributed by atoms with van der Waals surface area (Å²) in [5.74, 6) is 0.321. The van der Waals surface area contributed by atoms with Gasteiger partial charge in [-0.3, -0.25) is 4.90 Å². The Morgan fingerprint density at radius 3 is 2.22 bits per heavy atom. The molecule has 0 unspecified atom stereocenters. The van der Waals surface area contributed by atoms with Crippen LogP contribution in [0.5, 0.6) is 5.75 Å². The van der Waals surface area contributed by atoms with Crippen LogP contribution >= 0.6 is 31.9 Å². The third kappa shape index (κ3) is 3.97. The number of hydrogen-bond donors (Lipinski definition) is 2. The molecule has 0 spiro atoms. The average Bonchev–Trinajstić information content (AvgIpc) is 2.54. The zero-order valence-electron chi connectivity index (χ0n) is 12.7. The largest absolute Gasteiger partial charge is 0.508 e. The first kappa shape index (κ1) is 17.0. The number of hydrogen-bond acceptors (Lipinski definition) is 3. The van der Waals surface area contributed by atoms with E-state index in [0.29, 0.717) is 25.1 Å². The summed E-state index contributed by atoms with van der Waals surface area (Å²) in [7, 11) is 0. The molecule has 0 atom stereocenters. The van der Waals surface area contributed by atoms with E-state index in [4.69, 9.17) is 0 Å². The van der Waals surface area contributed by atoms with Gasteiger partial charge >= 0.3 is 0 Å². The fourth-order valence-electron chi connectivity index (χ4n) is 3.05. The second-order valence-electron chi connectivity index (χ2n) is 6.09. The lowest BCUT2D eigenvalue weighted by atomic mass is 9.84. The van der Waals surface area contributed by atoms with E-state index >= 15 is 0 Å². The van der Waals surface area contributed by atoms with Gasteiger partial charge in [0.15, 0.2) is 0 Å². The Balaban J connectivity index is 1.66. The van der Waals surface area contributed by atoms with E-state index in [1.165, 1.54) is 0 Å². The highest BCUT2D eigenvalue weighted by Gasteiger charge is 2.33. The van der Waals surface area contributed by atoms with Crippen LogP contribution in [0.2, 0.25) is 0 Å². The molecule has 0 bridgehead atoms. The summed E-state index contributed by atoms with van der Waals surface area (Å²) < 4.78 is 1.99. The minimum Gasteiger partial charge on any atom is -0.508 e. The number of likely N-dealkylation sites (tertiary alicyclic amines) is 1. The normalized spacial score (nSPS) is 18.0. The van der Waals surface area contributed by atoms with Gasteiger partial charge in [0.05, 0.1) is 5.60 Å². The van der Waals surface area contributed by atoms with Crippen molar-refractivity contribution in [2.75, 3.05) is 13.1 Å².